The molecule has 0 radical (unpaired) electrons. The quantitative estimate of drug-likeness (QED) is 0.718. The van der Waals surface area contributed by atoms with E-state index in [4.69, 9.17) is 0 Å². The standard InChI is InChI=1S/C10H12N2/c1-2-4-8-5-3-6-10-9(8)7-11-12-10/h3,5-7H,2,4H2,1H3,(H,11,12). The molecule has 0 bridgehead atoms. The van der Waals surface area contributed by atoms with Gasteiger partial charge in [0.1, 0.15) is 0 Å². The van der Waals surface area contributed by atoms with Crippen LogP contribution in [0.3, 0.4) is 0 Å². The van der Waals surface area contributed by atoms with E-state index in [9.17, 15) is 0 Å². The van der Waals surface area contributed by atoms with Crippen LogP contribution in [-0.2, 0) is 6.42 Å². The van der Waals surface area contributed by atoms with E-state index in [1.807, 2.05) is 6.20 Å². The predicted octanol–water partition coefficient (Wildman–Crippen LogP) is 2.52. The monoisotopic (exact) mass is 160 g/mol. The Labute approximate surface area is 71.6 Å². The van der Waals surface area contributed by atoms with Crippen molar-refractivity contribution in [2.75, 3.05) is 0 Å². The van der Waals surface area contributed by atoms with Crippen molar-refractivity contribution in [3.8, 4) is 0 Å². The third-order valence-corrected chi connectivity index (χ3v) is 2.09. The molecule has 0 saturated heterocycles. The van der Waals surface area contributed by atoms with Crippen molar-refractivity contribution in [3.63, 3.8) is 0 Å². The molecular weight excluding hydrogens is 148 g/mol. The highest BCUT2D eigenvalue weighted by Crippen LogP contribution is 2.16. The Hall–Kier alpha value is -1.31. The third-order valence-electron chi connectivity index (χ3n) is 2.09. The number of hydrogen-bond donors (Lipinski definition) is 1. The first-order chi connectivity index (χ1) is 5.92. The number of nitrogens with zero attached hydrogens (tertiary/aromatic N) is 1. The molecule has 0 atom stereocenters. The number of hydrogen-bond acceptors (Lipinski definition) is 1. The van der Waals surface area contributed by atoms with E-state index in [0.717, 1.165) is 11.9 Å². The molecule has 1 N–H and O–H groups in total. The van der Waals surface area contributed by atoms with Crippen molar-refractivity contribution in [2.45, 2.75) is 19.8 Å². The van der Waals surface area contributed by atoms with Crippen LogP contribution in [0.5, 0.6) is 0 Å². The lowest BCUT2D eigenvalue weighted by atomic mass is 10.1. The fourth-order valence-corrected chi connectivity index (χ4v) is 1.52. The molecule has 1 heterocycles. The Bertz CT molecular complexity index is 376. The van der Waals surface area contributed by atoms with Gasteiger partial charge in [0.05, 0.1) is 11.7 Å². The summed E-state index contributed by atoms with van der Waals surface area (Å²) in [4.78, 5) is 0. The van der Waals surface area contributed by atoms with Crippen LogP contribution >= 0.6 is 0 Å². The summed E-state index contributed by atoms with van der Waals surface area (Å²) in [6.45, 7) is 2.19. The number of nitrogens with one attached hydrogen (secondary N) is 1. The van der Waals surface area contributed by atoms with E-state index in [1.165, 1.54) is 17.4 Å². The van der Waals surface area contributed by atoms with Gasteiger partial charge in [-0.15, -0.1) is 0 Å². The molecule has 0 amide bonds. The number of H-pyrrole nitrogens is 1. The molecule has 1 aromatic carbocycles. The average Bonchev–Trinajstić information content (AvgIpc) is 2.53. The molecule has 12 heavy (non-hydrogen) atoms. The minimum atomic E-state index is 1.14. The first kappa shape index (κ1) is 7.35. The Morgan fingerprint density at radius 1 is 1.42 bits per heavy atom. The molecule has 2 aromatic rings. The summed E-state index contributed by atoms with van der Waals surface area (Å²) < 4.78 is 0. The highest BCUT2D eigenvalue weighted by Gasteiger charge is 1.99. The third kappa shape index (κ3) is 1.09. The lowest BCUT2D eigenvalue weighted by Gasteiger charge is -1.98. The summed E-state index contributed by atoms with van der Waals surface area (Å²) in [5.41, 5.74) is 2.53. The number of benzene rings is 1. The maximum Gasteiger partial charge on any atom is 0.0653 e. The first-order valence-corrected chi connectivity index (χ1v) is 4.33. The van der Waals surface area contributed by atoms with E-state index >= 15 is 0 Å². The van der Waals surface area contributed by atoms with Gasteiger partial charge in [-0.05, 0) is 18.1 Å². The Morgan fingerprint density at radius 2 is 2.33 bits per heavy atom. The number of fused-ring (bicyclic) bond motifs is 1. The van der Waals surface area contributed by atoms with E-state index in [2.05, 4.69) is 35.3 Å². The van der Waals surface area contributed by atoms with Gasteiger partial charge in [0.25, 0.3) is 0 Å². The van der Waals surface area contributed by atoms with Crippen LogP contribution in [0.2, 0.25) is 0 Å². The molecule has 0 saturated carbocycles. The van der Waals surface area contributed by atoms with Gasteiger partial charge < -0.3 is 0 Å². The van der Waals surface area contributed by atoms with E-state index < -0.39 is 0 Å². The zero-order chi connectivity index (χ0) is 8.39. The second-order valence-electron chi connectivity index (χ2n) is 3.00. The minimum absolute atomic E-state index is 1.14. The van der Waals surface area contributed by atoms with Crippen LogP contribution in [0, 0.1) is 0 Å². The fraction of sp³-hybridized carbons (Fsp3) is 0.300. The van der Waals surface area contributed by atoms with Crippen molar-refractivity contribution >= 4 is 10.9 Å². The van der Waals surface area contributed by atoms with Gasteiger partial charge in [0.2, 0.25) is 0 Å². The normalized spacial score (nSPS) is 10.8. The average molecular weight is 160 g/mol. The van der Waals surface area contributed by atoms with Crippen molar-refractivity contribution in [1.82, 2.24) is 10.2 Å². The van der Waals surface area contributed by atoms with Gasteiger partial charge in [0, 0.05) is 5.39 Å². The molecule has 0 aliphatic heterocycles. The minimum Gasteiger partial charge on any atom is -0.278 e. The predicted molar refractivity (Wildman–Crippen MR) is 50.1 cm³/mol. The second-order valence-corrected chi connectivity index (χ2v) is 3.00. The van der Waals surface area contributed by atoms with Crippen LogP contribution in [0.4, 0.5) is 0 Å². The van der Waals surface area contributed by atoms with E-state index in [1.54, 1.807) is 0 Å². The van der Waals surface area contributed by atoms with Crippen molar-refractivity contribution in [1.29, 1.82) is 0 Å². The number of rotatable bonds is 2. The highest BCUT2D eigenvalue weighted by atomic mass is 15.1. The largest absolute Gasteiger partial charge is 0.278 e. The van der Waals surface area contributed by atoms with Crippen LogP contribution in [0.1, 0.15) is 18.9 Å². The molecule has 0 aliphatic rings. The zero-order valence-electron chi connectivity index (χ0n) is 7.17. The molecule has 0 spiro atoms. The number of aryl methyl sites for hydroxylation is 1. The molecule has 0 fully saturated rings. The van der Waals surface area contributed by atoms with Gasteiger partial charge in [-0.2, -0.15) is 5.10 Å². The lowest BCUT2D eigenvalue weighted by Crippen LogP contribution is -1.82. The molecular formula is C10H12N2. The van der Waals surface area contributed by atoms with Crippen LogP contribution in [0.25, 0.3) is 10.9 Å². The summed E-state index contributed by atoms with van der Waals surface area (Å²) in [6, 6.07) is 6.30. The van der Waals surface area contributed by atoms with E-state index in [0.29, 0.717) is 0 Å². The summed E-state index contributed by atoms with van der Waals surface area (Å²) in [6.07, 6.45) is 4.22. The SMILES string of the molecule is CCCc1cccc2[nH]ncc12. The Kier molecular flexibility index (Phi) is 1.82. The number of aromatic nitrogens is 2. The summed E-state index contributed by atoms with van der Waals surface area (Å²) in [5.74, 6) is 0. The van der Waals surface area contributed by atoms with Crippen molar-refractivity contribution in [2.24, 2.45) is 0 Å². The lowest BCUT2D eigenvalue weighted by molar-refractivity contribution is 0.930. The molecule has 1 aromatic heterocycles. The van der Waals surface area contributed by atoms with E-state index in [-0.39, 0.29) is 0 Å². The summed E-state index contributed by atoms with van der Waals surface area (Å²) >= 11 is 0. The van der Waals surface area contributed by atoms with Gasteiger partial charge in [-0.3, -0.25) is 5.10 Å². The van der Waals surface area contributed by atoms with Gasteiger partial charge in [-0.25, -0.2) is 0 Å². The maximum absolute atomic E-state index is 4.02. The zero-order valence-corrected chi connectivity index (χ0v) is 7.17. The maximum atomic E-state index is 4.02. The fourth-order valence-electron chi connectivity index (χ4n) is 1.52. The molecule has 62 valence electrons. The molecule has 2 heteroatoms. The first-order valence-electron chi connectivity index (χ1n) is 4.33. The van der Waals surface area contributed by atoms with Crippen molar-refractivity contribution in [3.05, 3.63) is 30.0 Å². The smallest absolute Gasteiger partial charge is 0.0653 e. The Balaban J connectivity index is 2.57. The van der Waals surface area contributed by atoms with Gasteiger partial charge >= 0.3 is 0 Å². The van der Waals surface area contributed by atoms with Crippen LogP contribution < -0.4 is 0 Å². The summed E-state index contributed by atoms with van der Waals surface area (Å²) in [5, 5.41) is 8.25. The second kappa shape index (κ2) is 2.97. The summed E-state index contributed by atoms with van der Waals surface area (Å²) in [7, 11) is 0. The van der Waals surface area contributed by atoms with Crippen LogP contribution in [-0.4, -0.2) is 10.2 Å². The molecule has 2 rings (SSSR count). The Morgan fingerprint density at radius 3 is 3.17 bits per heavy atom. The van der Waals surface area contributed by atoms with Gasteiger partial charge in [-0.1, -0.05) is 25.5 Å². The highest BCUT2D eigenvalue weighted by molar-refractivity contribution is 5.81. The molecule has 0 unspecified atom stereocenters. The molecule has 0 aliphatic carbocycles. The van der Waals surface area contributed by atoms with Gasteiger partial charge in [0.15, 0.2) is 0 Å². The number of aromatic amines is 1. The topological polar surface area (TPSA) is 28.7 Å². The molecule has 2 nitrogen and oxygen atoms in total. The van der Waals surface area contributed by atoms with Crippen LogP contribution in [0.15, 0.2) is 24.4 Å². The van der Waals surface area contributed by atoms with Crippen molar-refractivity contribution < 1.29 is 0 Å².